The van der Waals surface area contributed by atoms with Crippen molar-refractivity contribution in [3.8, 4) is 0 Å². The van der Waals surface area contributed by atoms with E-state index in [9.17, 15) is 9.59 Å². The molecule has 2 aliphatic heterocycles. The SMILES string of the molecule is O=C(Nc1cccc(Cl)c1)[C@H]1CCC(=O)N(CCCN2CCOCC2)C1. The third-order valence-electron chi connectivity index (χ3n) is 4.97. The molecule has 142 valence electrons. The van der Waals surface area contributed by atoms with Gasteiger partial charge in [-0.05, 0) is 31.0 Å². The number of halogens is 1. The van der Waals surface area contributed by atoms with Crippen LogP contribution in [0.2, 0.25) is 5.02 Å². The smallest absolute Gasteiger partial charge is 0.229 e. The van der Waals surface area contributed by atoms with Crippen LogP contribution in [0.25, 0.3) is 0 Å². The zero-order chi connectivity index (χ0) is 18.4. The van der Waals surface area contributed by atoms with Gasteiger partial charge in [0.2, 0.25) is 11.8 Å². The molecule has 0 aliphatic carbocycles. The molecule has 2 heterocycles. The van der Waals surface area contributed by atoms with Crippen LogP contribution in [0.1, 0.15) is 19.3 Å². The van der Waals surface area contributed by atoms with Crippen molar-refractivity contribution in [1.82, 2.24) is 9.80 Å². The molecule has 2 fully saturated rings. The van der Waals surface area contributed by atoms with Crippen molar-refractivity contribution in [1.29, 1.82) is 0 Å². The number of carbonyl (C=O) groups excluding carboxylic acids is 2. The van der Waals surface area contributed by atoms with E-state index in [4.69, 9.17) is 16.3 Å². The minimum Gasteiger partial charge on any atom is -0.379 e. The first-order chi connectivity index (χ1) is 12.6. The number of anilines is 1. The van der Waals surface area contributed by atoms with Gasteiger partial charge in [-0.15, -0.1) is 0 Å². The number of piperidine rings is 1. The monoisotopic (exact) mass is 379 g/mol. The summed E-state index contributed by atoms with van der Waals surface area (Å²) in [7, 11) is 0. The number of nitrogens with zero attached hydrogens (tertiary/aromatic N) is 2. The third-order valence-corrected chi connectivity index (χ3v) is 5.20. The summed E-state index contributed by atoms with van der Waals surface area (Å²) in [5.41, 5.74) is 0.693. The molecule has 1 atom stereocenters. The first-order valence-electron chi connectivity index (χ1n) is 9.26. The highest BCUT2D eigenvalue weighted by Gasteiger charge is 2.30. The van der Waals surface area contributed by atoms with E-state index in [1.54, 1.807) is 18.2 Å². The summed E-state index contributed by atoms with van der Waals surface area (Å²) in [6.07, 6.45) is 1.96. The Morgan fingerprint density at radius 1 is 1.27 bits per heavy atom. The average molecular weight is 380 g/mol. The molecule has 0 bridgehead atoms. The maximum Gasteiger partial charge on any atom is 0.229 e. The van der Waals surface area contributed by atoms with Crippen LogP contribution < -0.4 is 5.32 Å². The fourth-order valence-corrected chi connectivity index (χ4v) is 3.66. The predicted octanol–water partition coefficient (Wildman–Crippen LogP) is 2.24. The Morgan fingerprint density at radius 3 is 2.85 bits per heavy atom. The van der Waals surface area contributed by atoms with E-state index in [2.05, 4.69) is 10.2 Å². The number of morpholine rings is 1. The van der Waals surface area contributed by atoms with Gasteiger partial charge >= 0.3 is 0 Å². The normalized spacial score (nSPS) is 21.7. The van der Waals surface area contributed by atoms with E-state index >= 15 is 0 Å². The molecule has 1 aromatic carbocycles. The lowest BCUT2D eigenvalue weighted by atomic mass is 9.96. The Hall–Kier alpha value is -1.63. The Bertz CT molecular complexity index is 634. The predicted molar refractivity (Wildman–Crippen MR) is 101 cm³/mol. The highest BCUT2D eigenvalue weighted by molar-refractivity contribution is 6.30. The second-order valence-electron chi connectivity index (χ2n) is 6.88. The molecular weight excluding hydrogens is 354 g/mol. The van der Waals surface area contributed by atoms with Crippen LogP contribution in [0.15, 0.2) is 24.3 Å². The molecule has 0 saturated carbocycles. The Kier molecular flexibility index (Phi) is 6.88. The first-order valence-corrected chi connectivity index (χ1v) is 9.64. The summed E-state index contributed by atoms with van der Waals surface area (Å²) >= 11 is 5.96. The lowest BCUT2D eigenvalue weighted by molar-refractivity contribution is -0.137. The Labute approximate surface area is 159 Å². The lowest BCUT2D eigenvalue weighted by Gasteiger charge is -2.33. The van der Waals surface area contributed by atoms with Gasteiger partial charge in [-0.2, -0.15) is 0 Å². The van der Waals surface area contributed by atoms with Gasteiger partial charge in [-0.3, -0.25) is 14.5 Å². The fourth-order valence-electron chi connectivity index (χ4n) is 3.47. The molecule has 0 spiro atoms. The highest BCUT2D eigenvalue weighted by atomic mass is 35.5. The standard InChI is InChI=1S/C19H26ClN3O3/c20-16-3-1-4-17(13-16)21-19(25)15-5-6-18(24)23(14-15)8-2-7-22-9-11-26-12-10-22/h1,3-4,13,15H,2,5-12,14H2,(H,21,25)/t15-/m0/s1. The van der Waals surface area contributed by atoms with Crippen LogP contribution in [0.3, 0.4) is 0 Å². The van der Waals surface area contributed by atoms with Gasteiger partial charge in [0.1, 0.15) is 0 Å². The molecule has 0 radical (unpaired) electrons. The summed E-state index contributed by atoms with van der Waals surface area (Å²) in [4.78, 5) is 28.9. The van der Waals surface area contributed by atoms with E-state index in [0.717, 1.165) is 39.3 Å². The van der Waals surface area contributed by atoms with Crippen molar-refractivity contribution in [3.05, 3.63) is 29.3 Å². The number of hydrogen-bond donors (Lipinski definition) is 1. The van der Waals surface area contributed by atoms with Crippen molar-refractivity contribution >= 4 is 29.1 Å². The number of benzene rings is 1. The fraction of sp³-hybridized carbons (Fsp3) is 0.579. The summed E-state index contributed by atoms with van der Waals surface area (Å²) in [5, 5.41) is 3.50. The molecule has 7 heteroatoms. The van der Waals surface area contributed by atoms with Crippen molar-refractivity contribution in [2.45, 2.75) is 19.3 Å². The first kappa shape index (κ1) is 19.1. The average Bonchev–Trinajstić information content (AvgIpc) is 2.64. The Morgan fingerprint density at radius 2 is 2.08 bits per heavy atom. The maximum absolute atomic E-state index is 12.5. The molecule has 2 saturated heterocycles. The van der Waals surface area contributed by atoms with Gasteiger partial charge in [-0.25, -0.2) is 0 Å². The zero-order valence-electron chi connectivity index (χ0n) is 15.0. The van der Waals surface area contributed by atoms with Gasteiger partial charge < -0.3 is 15.0 Å². The van der Waals surface area contributed by atoms with Gasteiger partial charge in [0.25, 0.3) is 0 Å². The molecule has 3 rings (SSSR count). The molecule has 26 heavy (non-hydrogen) atoms. The summed E-state index contributed by atoms with van der Waals surface area (Å²) in [6.45, 7) is 5.65. The molecule has 0 unspecified atom stereocenters. The molecule has 2 aliphatic rings. The number of ether oxygens (including phenoxy) is 1. The van der Waals surface area contributed by atoms with Crippen LogP contribution in [0.4, 0.5) is 5.69 Å². The Balaban J connectivity index is 1.47. The molecular formula is C19H26ClN3O3. The van der Waals surface area contributed by atoms with Crippen molar-refractivity contribution in [2.24, 2.45) is 5.92 Å². The van der Waals surface area contributed by atoms with Crippen LogP contribution >= 0.6 is 11.6 Å². The molecule has 2 amide bonds. The topological polar surface area (TPSA) is 61.9 Å². The van der Waals surface area contributed by atoms with Crippen LogP contribution in [0.5, 0.6) is 0 Å². The zero-order valence-corrected chi connectivity index (χ0v) is 15.7. The minimum atomic E-state index is -0.171. The highest BCUT2D eigenvalue weighted by Crippen LogP contribution is 2.21. The van der Waals surface area contributed by atoms with Gasteiger partial charge in [0.15, 0.2) is 0 Å². The second-order valence-corrected chi connectivity index (χ2v) is 7.32. The van der Waals surface area contributed by atoms with Crippen LogP contribution in [-0.2, 0) is 14.3 Å². The molecule has 6 nitrogen and oxygen atoms in total. The quantitative estimate of drug-likeness (QED) is 0.823. The largest absolute Gasteiger partial charge is 0.379 e. The van der Waals surface area contributed by atoms with E-state index in [1.165, 1.54) is 0 Å². The number of carbonyl (C=O) groups is 2. The van der Waals surface area contributed by atoms with E-state index < -0.39 is 0 Å². The van der Waals surface area contributed by atoms with Crippen LogP contribution in [0, 0.1) is 5.92 Å². The van der Waals surface area contributed by atoms with E-state index in [1.807, 2.05) is 11.0 Å². The summed E-state index contributed by atoms with van der Waals surface area (Å²) in [5.74, 6) is -0.0632. The number of rotatable bonds is 6. The summed E-state index contributed by atoms with van der Waals surface area (Å²) in [6, 6.07) is 7.12. The lowest BCUT2D eigenvalue weighted by Crippen LogP contribution is -2.45. The molecule has 0 aromatic heterocycles. The van der Waals surface area contributed by atoms with E-state index in [0.29, 0.717) is 36.6 Å². The van der Waals surface area contributed by atoms with Crippen molar-refractivity contribution in [3.63, 3.8) is 0 Å². The van der Waals surface area contributed by atoms with Crippen LogP contribution in [-0.4, -0.2) is 67.6 Å². The maximum atomic E-state index is 12.5. The second kappa shape index (κ2) is 9.35. The molecule has 1 aromatic rings. The molecule has 1 N–H and O–H groups in total. The van der Waals surface area contributed by atoms with E-state index in [-0.39, 0.29) is 17.7 Å². The van der Waals surface area contributed by atoms with Crippen molar-refractivity contribution in [2.75, 3.05) is 51.3 Å². The van der Waals surface area contributed by atoms with Gasteiger partial charge in [-0.1, -0.05) is 17.7 Å². The number of amides is 2. The number of hydrogen-bond acceptors (Lipinski definition) is 4. The van der Waals surface area contributed by atoms with Gasteiger partial charge in [0, 0.05) is 49.9 Å². The minimum absolute atomic E-state index is 0.0436. The number of nitrogens with one attached hydrogen (secondary N) is 1. The van der Waals surface area contributed by atoms with Gasteiger partial charge in [0.05, 0.1) is 19.1 Å². The van der Waals surface area contributed by atoms with Crippen molar-refractivity contribution < 1.29 is 14.3 Å². The number of likely N-dealkylation sites (tertiary alicyclic amines) is 1. The third kappa shape index (κ3) is 5.43. The summed E-state index contributed by atoms with van der Waals surface area (Å²) < 4.78 is 5.35.